The molecule has 106 valence electrons. The average molecular weight is 304 g/mol. The van der Waals surface area contributed by atoms with Gasteiger partial charge in [0.05, 0.1) is 16.4 Å². The summed E-state index contributed by atoms with van der Waals surface area (Å²) in [6, 6.07) is 4.70. The lowest BCUT2D eigenvalue weighted by Crippen LogP contribution is -2.41. The van der Waals surface area contributed by atoms with Crippen molar-refractivity contribution in [2.45, 2.75) is 19.8 Å². The lowest BCUT2D eigenvalue weighted by Gasteiger charge is -2.29. The van der Waals surface area contributed by atoms with Crippen molar-refractivity contribution in [3.63, 3.8) is 0 Å². The van der Waals surface area contributed by atoms with Gasteiger partial charge in [0.1, 0.15) is 0 Å². The number of benzene rings is 1. The lowest BCUT2D eigenvalue weighted by atomic mass is 10.0. The molecule has 0 saturated carbocycles. The van der Waals surface area contributed by atoms with Gasteiger partial charge in [-0.1, -0.05) is 18.5 Å². The van der Waals surface area contributed by atoms with Crippen LogP contribution in [0.4, 0.5) is 11.4 Å². The molecule has 19 heavy (non-hydrogen) atoms. The molecular formula is C12H18ClN3O2S. The van der Waals surface area contributed by atoms with E-state index < -0.39 is 10.2 Å². The lowest BCUT2D eigenvalue weighted by molar-refractivity contribution is 0.289. The maximum atomic E-state index is 12.2. The van der Waals surface area contributed by atoms with Crippen molar-refractivity contribution >= 4 is 33.2 Å². The van der Waals surface area contributed by atoms with Crippen molar-refractivity contribution in [3.05, 3.63) is 23.2 Å². The Hall–Kier alpha value is -0.980. The number of halogens is 1. The minimum absolute atomic E-state index is 0.356. The smallest absolute Gasteiger partial charge is 0.301 e. The first kappa shape index (κ1) is 14.4. The number of nitrogen functional groups attached to an aromatic ring is 1. The fourth-order valence-corrected chi connectivity index (χ4v) is 3.41. The van der Waals surface area contributed by atoms with Gasteiger partial charge in [-0.15, -0.1) is 0 Å². The fourth-order valence-electron chi connectivity index (χ4n) is 2.05. The number of nitrogens with zero attached hydrogens (tertiary/aromatic N) is 1. The van der Waals surface area contributed by atoms with E-state index in [2.05, 4.69) is 11.6 Å². The molecule has 0 bridgehead atoms. The molecule has 0 unspecified atom stereocenters. The average Bonchev–Trinajstić information content (AvgIpc) is 2.34. The maximum absolute atomic E-state index is 12.2. The number of nitrogens with one attached hydrogen (secondary N) is 1. The van der Waals surface area contributed by atoms with Crippen LogP contribution in [-0.2, 0) is 10.2 Å². The van der Waals surface area contributed by atoms with Crippen molar-refractivity contribution in [1.29, 1.82) is 0 Å². The number of anilines is 2. The predicted molar refractivity (Wildman–Crippen MR) is 78.4 cm³/mol. The Bertz CT molecular complexity index is 554. The zero-order chi connectivity index (χ0) is 14.0. The van der Waals surface area contributed by atoms with Gasteiger partial charge in [-0.3, -0.25) is 4.72 Å². The van der Waals surface area contributed by atoms with E-state index in [4.69, 9.17) is 17.3 Å². The number of piperidine rings is 1. The summed E-state index contributed by atoms with van der Waals surface area (Å²) in [7, 11) is -3.50. The van der Waals surface area contributed by atoms with Crippen LogP contribution in [-0.4, -0.2) is 25.8 Å². The predicted octanol–water partition coefficient (Wildman–Crippen LogP) is 2.31. The summed E-state index contributed by atoms with van der Waals surface area (Å²) < 4.78 is 28.4. The summed E-state index contributed by atoms with van der Waals surface area (Å²) in [5.41, 5.74) is 6.44. The molecule has 7 heteroatoms. The molecule has 5 nitrogen and oxygen atoms in total. The van der Waals surface area contributed by atoms with E-state index in [1.165, 1.54) is 10.4 Å². The first-order valence-electron chi connectivity index (χ1n) is 6.21. The van der Waals surface area contributed by atoms with Crippen molar-refractivity contribution < 1.29 is 8.42 Å². The van der Waals surface area contributed by atoms with Crippen molar-refractivity contribution in [2.75, 3.05) is 23.5 Å². The molecule has 1 saturated heterocycles. The second-order valence-corrected chi connectivity index (χ2v) is 7.00. The molecule has 2 rings (SSSR count). The van der Waals surface area contributed by atoms with E-state index in [1.807, 2.05) is 0 Å². The summed E-state index contributed by atoms with van der Waals surface area (Å²) >= 11 is 5.80. The summed E-state index contributed by atoms with van der Waals surface area (Å²) in [4.78, 5) is 0. The quantitative estimate of drug-likeness (QED) is 0.841. The topological polar surface area (TPSA) is 75.4 Å². The van der Waals surface area contributed by atoms with Crippen LogP contribution in [0.15, 0.2) is 18.2 Å². The van der Waals surface area contributed by atoms with Gasteiger partial charge < -0.3 is 5.73 Å². The molecule has 0 amide bonds. The Balaban J connectivity index is 2.10. The largest absolute Gasteiger partial charge is 0.397 e. The minimum Gasteiger partial charge on any atom is -0.397 e. The van der Waals surface area contributed by atoms with Gasteiger partial charge in [0.25, 0.3) is 0 Å². The van der Waals surface area contributed by atoms with E-state index >= 15 is 0 Å². The third-order valence-corrected chi connectivity index (χ3v) is 5.21. The van der Waals surface area contributed by atoms with Gasteiger partial charge in [-0.2, -0.15) is 12.7 Å². The van der Waals surface area contributed by atoms with Crippen LogP contribution in [0.25, 0.3) is 0 Å². The second kappa shape index (κ2) is 5.56. The standard InChI is InChI=1S/C12H18ClN3O2S/c1-9-4-6-16(7-5-9)19(17,18)15-10-2-3-11(13)12(14)8-10/h2-3,8-9,15H,4-7,14H2,1H3. The van der Waals surface area contributed by atoms with E-state index in [0.29, 0.717) is 35.4 Å². The van der Waals surface area contributed by atoms with Crippen LogP contribution in [0.2, 0.25) is 5.02 Å². The van der Waals surface area contributed by atoms with Gasteiger partial charge in [0.2, 0.25) is 0 Å². The van der Waals surface area contributed by atoms with Gasteiger partial charge in [-0.25, -0.2) is 0 Å². The van der Waals surface area contributed by atoms with E-state index in [-0.39, 0.29) is 0 Å². The van der Waals surface area contributed by atoms with Crippen LogP contribution in [0, 0.1) is 5.92 Å². The van der Waals surface area contributed by atoms with Gasteiger partial charge in [0, 0.05) is 13.1 Å². The third-order valence-electron chi connectivity index (χ3n) is 3.33. The molecule has 1 aliphatic rings. The van der Waals surface area contributed by atoms with E-state index in [9.17, 15) is 8.42 Å². The van der Waals surface area contributed by atoms with Crippen molar-refractivity contribution in [3.8, 4) is 0 Å². The molecule has 1 aromatic carbocycles. The molecule has 1 heterocycles. The number of nitrogens with two attached hydrogens (primary N) is 1. The Morgan fingerprint density at radius 3 is 2.58 bits per heavy atom. The highest BCUT2D eigenvalue weighted by molar-refractivity contribution is 7.90. The molecule has 0 atom stereocenters. The van der Waals surface area contributed by atoms with E-state index in [0.717, 1.165) is 12.8 Å². The van der Waals surface area contributed by atoms with Crippen LogP contribution >= 0.6 is 11.6 Å². The van der Waals surface area contributed by atoms with Crippen LogP contribution in [0.5, 0.6) is 0 Å². The van der Waals surface area contributed by atoms with Gasteiger partial charge in [-0.05, 0) is 37.0 Å². The molecule has 1 aromatic rings. The van der Waals surface area contributed by atoms with Crippen molar-refractivity contribution in [1.82, 2.24) is 4.31 Å². The minimum atomic E-state index is -3.50. The molecule has 0 aromatic heterocycles. The Labute approximate surface area is 118 Å². The fraction of sp³-hybridized carbons (Fsp3) is 0.500. The first-order valence-corrected chi connectivity index (χ1v) is 8.03. The summed E-state index contributed by atoms with van der Waals surface area (Å²) in [5.74, 6) is 0.581. The zero-order valence-electron chi connectivity index (χ0n) is 10.8. The number of hydrogen-bond donors (Lipinski definition) is 2. The Morgan fingerprint density at radius 2 is 2.00 bits per heavy atom. The normalized spacial score (nSPS) is 18.4. The molecule has 1 aliphatic heterocycles. The first-order chi connectivity index (χ1) is 8.88. The highest BCUT2D eigenvalue weighted by atomic mass is 35.5. The third kappa shape index (κ3) is 3.52. The molecule has 0 aliphatic carbocycles. The van der Waals surface area contributed by atoms with E-state index in [1.54, 1.807) is 12.1 Å². The molecular weight excluding hydrogens is 286 g/mol. The monoisotopic (exact) mass is 303 g/mol. The van der Waals surface area contributed by atoms with Crippen LogP contribution in [0.1, 0.15) is 19.8 Å². The van der Waals surface area contributed by atoms with Gasteiger partial charge >= 0.3 is 10.2 Å². The maximum Gasteiger partial charge on any atom is 0.301 e. The number of rotatable bonds is 3. The molecule has 0 spiro atoms. The van der Waals surface area contributed by atoms with Gasteiger partial charge in [0.15, 0.2) is 0 Å². The molecule has 0 radical (unpaired) electrons. The highest BCUT2D eigenvalue weighted by Gasteiger charge is 2.26. The SMILES string of the molecule is CC1CCN(S(=O)(=O)Nc2ccc(Cl)c(N)c2)CC1. The van der Waals surface area contributed by atoms with Crippen LogP contribution in [0.3, 0.4) is 0 Å². The highest BCUT2D eigenvalue weighted by Crippen LogP contribution is 2.24. The number of hydrogen-bond acceptors (Lipinski definition) is 3. The Morgan fingerprint density at radius 1 is 1.37 bits per heavy atom. The molecule has 3 N–H and O–H groups in total. The second-order valence-electron chi connectivity index (χ2n) is 4.92. The summed E-state index contributed by atoms with van der Waals surface area (Å²) in [6.07, 6.45) is 1.79. The van der Waals surface area contributed by atoms with Crippen molar-refractivity contribution in [2.24, 2.45) is 5.92 Å². The summed E-state index contributed by atoms with van der Waals surface area (Å²) in [6.45, 7) is 3.25. The summed E-state index contributed by atoms with van der Waals surface area (Å²) in [5, 5.41) is 0.412. The zero-order valence-corrected chi connectivity index (χ0v) is 12.3. The van der Waals surface area contributed by atoms with Crippen LogP contribution < -0.4 is 10.5 Å². The molecule has 1 fully saturated rings. The Kier molecular flexibility index (Phi) is 4.23.